The molecule has 7 heteroatoms. The Hall–Kier alpha value is -3.61. The van der Waals surface area contributed by atoms with Crippen molar-refractivity contribution in [1.29, 1.82) is 0 Å². The first kappa shape index (κ1) is 21.9. The van der Waals surface area contributed by atoms with Gasteiger partial charge in [-0.1, -0.05) is 66.2 Å². The van der Waals surface area contributed by atoms with E-state index in [1.54, 1.807) is 48.5 Å². The molecule has 3 aromatic rings. The van der Waals surface area contributed by atoms with Crippen LogP contribution in [0.15, 0.2) is 66.7 Å². The highest BCUT2D eigenvalue weighted by molar-refractivity contribution is 6.39. The summed E-state index contributed by atoms with van der Waals surface area (Å²) in [6, 6.07) is 18.5. The van der Waals surface area contributed by atoms with Crippen LogP contribution in [0.1, 0.15) is 43.5 Å². The van der Waals surface area contributed by atoms with Crippen LogP contribution in [0.4, 0.5) is 5.69 Å². The molecule has 2 amide bonds. The Bertz CT molecular complexity index is 1440. The molecule has 1 aliphatic carbocycles. The van der Waals surface area contributed by atoms with Gasteiger partial charge in [0.05, 0.1) is 28.6 Å². The van der Waals surface area contributed by atoms with E-state index in [1.165, 1.54) is 0 Å². The van der Waals surface area contributed by atoms with Crippen molar-refractivity contribution in [2.75, 3.05) is 4.90 Å². The maximum Gasteiger partial charge on any atom is 0.241 e. The zero-order chi connectivity index (χ0) is 24.6. The molecule has 0 aromatic heterocycles. The summed E-state index contributed by atoms with van der Waals surface area (Å²) in [5.74, 6) is -4.71. The van der Waals surface area contributed by atoms with Gasteiger partial charge >= 0.3 is 0 Å². The SMILES string of the molecule is Cc1cccc([C@@H]2OC3(C(=O)c4ccccc4C3=O)[C@H]3C(=O)N(c4ccccc4Cl)C(=O)[C@H]23)c1C. The van der Waals surface area contributed by atoms with Gasteiger partial charge in [-0.05, 0) is 42.7 Å². The maximum absolute atomic E-state index is 13.9. The molecule has 2 saturated heterocycles. The van der Waals surface area contributed by atoms with Crippen molar-refractivity contribution < 1.29 is 23.9 Å². The molecular formula is C28H20ClNO5. The number of aryl methyl sites for hydroxylation is 1. The summed E-state index contributed by atoms with van der Waals surface area (Å²) in [5.41, 5.74) is 1.05. The molecule has 3 aromatic carbocycles. The number of benzene rings is 3. The predicted octanol–water partition coefficient (Wildman–Crippen LogP) is 4.65. The van der Waals surface area contributed by atoms with Crippen molar-refractivity contribution >= 4 is 40.7 Å². The largest absolute Gasteiger partial charge is 0.349 e. The number of ether oxygens (including phenoxy) is 1. The second kappa shape index (κ2) is 7.44. The Kier molecular flexibility index (Phi) is 4.66. The van der Waals surface area contributed by atoms with E-state index in [-0.39, 0.29) is 21.8 Å². The number of ketones is 2. The molecule has 35 heavy (non-hydrogen) atoms. The Morgan fingerprint density at radius 1 is 0.800 bits per heavy atom. The minimum atomic E-state index is -2.10. The average molecular weight is 486 g/mol. The highest BCUT2D eigenvalue weighted by atomic mass is 35.5. The Labute approximate surface area is 206 Å². The third kappa shape index (κ3) is 2.69. The number of fused-ring (bicyclic) bond motifs is 3. The van der Waals surface area contributed by atoms with Crippen molar-refractivity contribution in [3.63, 3.8) is 0 Å². The van der Waals surface area contributed by atoms with E-state index in [2.05, 4.69) is 0 Å². The van der Waals surface area contributed by atoms with E-state index >= 15 is 0 Å². The second-order valence-corrected chi connectivity index (χ2v) is 9.64. The maximum atomic E-state index is 13.9. The quantitative estimate of drug-likeness (QED) is 0.390. The third-order valence-corrected chi connectivity index (χ3v) is 7.89. The normalized spacial score (nSPS) is 24.4. The van der Waals surface area contributed by atoms with E-state index in [4.69, 9.17) is 16.3 Å². The van der Waals surface area contributed by atoms with Crippen LogP contribution in [-0.4, -0.2) is 29.0 Å². The van der Waals surface area contributed by atoms with E-state index in [0.717, 1.165) is 16.0 Å². The van der Waals surface area contributed by atoms with Gasteiger partial charge < -0.3 is 4.74 Å². The van der Waals surface area contributed by atoms with E-state index in [9.17, 15) is 19.2 Å². The number of para-hydroxylation sites is 1. The monoisotopic (exact) mass is 485 g/mol. The second-order valence-electron chi connectivity index (χ2n) is 9.23. The molecule has 0 saturated carbocycles. The van der Waals surface area contributed by atoms with Crippen LogP contribution in [-0.2, 0) is 14.3 Å². The summed E-state index contributed by atoms with van der Waals surface area (Å²) < 4.78 is 6.36. The number of rotatable bonds is 2. The first-order valence-electron chi connectivity index (χ1n) is 11.3. The number of halogens is 1. The first-order valence-corrected chi connectivity index (χ1v) is 11.7. The summed E-state index contributed by atoms with van der Waals surface area (Å²) in [7, 11) is 0. The van der Waals surface area contributed by atoms with Gasteiger partial charge in [-0.25, -0.2) is 4.90 Å². The zero-order valence-corrected chi connectivity index (χ0v) is 19.7. The smallest absolute Gasteiger partial charge is 0.241 e. The van der Waals surface area contributed by atoms with Gasteiger partial charge in [0.2, 0.25) is 29.0 Å². The Balaban J connectivity index is 1.59. The van der Waals surface area contributed by atoms with Gasteiger partial charge in [0.25, 0.3) is 0 Å². The van der Waals surface area contributed by atoms with Crippen LogP contribution >= 0.6 is 11.6 Å². The van der Waals surface area contributed by atoms with Crippen LogP contribution in [0.3, 0.4) is 0 Å². The predicted molar refractivity (Wildman–Crippen MR) is 129 cm³/mol. The third-order valence-electron chi connectivity index (χ3n) is 7.57. The highest BCUT2D eigenvalue weighted by Gasteiger charge is 2.75. The van der Waals surface area contributed by atoms with Gasteiger partial charge in [-0.2, -0.15) is 0 Å². The summed E-state index contributed by atoms with van der Waals surface area (Å²) in [4.78, 5) is 56.5. The number of carbonyl (C=O) groups is 4. The van der Waals surface area contributed by atoms with Crippen molar-refractivity contribution in [2.45, 2.75) is 25.6 Å². The molecule has 2 heterocycles. The number of hydrogen-bond donors (Lipinski definition) is 0. The lowest BCUT2D eigenvalue weighted by molar-refractivity contribution is -0.127. The van der Waals surface area contributed by atoms with Crippen molar-refractivity contribution in [2.24, 2.45) is 11.8 Å². The molecule has 6 rings (SSSR count). The van der Waals surface area contributed by atoms with Crippen LogP contribution in [0.2, 0.25) is 5.02 Å². The lowest BCUT2D eigenvalue weighted by atomic mass is 9.76. The van der Waals surface area contributed by atoms with E-state index < -0.39 is 46.9 Å². The average Bonchev–Trinajstić information content (AvgIpc) is 3.41. The van der Waals surface area contributed by atoms with E-state index in [0.29, 0.717) is 5.56 Å². The lowest BCUT2D eigenvalue weighted by Gasteiger charge is -2.28. The van der Waals surface area contributed by atoms with Crippen LogP contribution in [0, 0.1) is 25.7 Å². The molecule has 0 unspecified atom stereocenters. The molecule has 1 spiro atoms. The molecule has 2 fully saturated rings. The zero-order valence-electron chi connectivity index (χ0n) is 18.9. The van der Waals surface area contributed by atoms with Crippen molar-refractivity contribution in [1.82, 2.24) is 0 Å². The Morgan fingerprint density at radius 2 is 1.43 bits per heavy atom. The lowest BCUT2D eigenvalue weighted by Crippen LogP contribution is -2.51. The molecule has 2 aliphatic heterocycles. The van der Waals surface area contributed by atoms with Gasteiger partial charge in [-0.15, -0.1) is 0 Å². The standard InChI is InChI=1S/C28H20ClNO5/c1-14-8-7-11-16(15(14)2)23-21-22(27(34)30(26(21)33)20-13-6-5-12-19(20)29)28(35-23)24(31)17-9-3-4-10-18(17)25(28)32/h3-13,21-23H,1-2H3/t21-,22+,23-/m0/s1. The molecule has 0 N–H and O–H groups in total. The summed E-state index contributed by atoms with van der Waals surface area (Å²) in [5, 5.41) is 0.222. The summed E-state index contributed by atoms with van der Waals surface area (Å²) in [6.07, 6.45) is -0.953. The van der Waals surface area contributed by atoms with Crippen molar-refractivity contribution in [3.8, 4) is 0 Å². The van der Waals surface area contributed by atoms with Gasteiger partial charge in [0, 0.05) is 11.1 Å². The molecule has 3 atom stereocenters. The minimum Gasteiger partial charge on any atom is -0.349 e. The molecule has 0 bridgehead atoms. The fraction of sp³-hybridized carbons (Fsp3) is 0.214. The first-order chi connectivity index (χ1) is 16.8. The molecule has 0 radical (unpaired) electrons. The van der Waals surface area contributed by atoms with Crippen LogP contribution in [0.25, 0.3) is 0 Å². The summed E-state index contributed by atoms with van der Waals surface area (Å²) >= 11 is 6.36. The Morgan fingerprint density at radius 3 is 2.09 bits per heavy atom. The summed E-state index contributed by atoms with van der Waals surface area (Å²) in [6.45, 7) is 3.83. The number of anilines is 1. The molecule has 3 aliphatic rings. The fourth-order valence-electron chi connectivity index (χ4n) is 5.75. The highest BCUT2D eigenvalue weighted by Crippen LogP contribution is 2.58. The molecule has 174 valence electrons. The minimum absolute atomic E-state index is 0.203. The van der Waals surface area contributed by atoms with Gasteiger partial charge in [0.1, 0.15) is 0 Å². The topological polar surface area (TPSA) is 80.8 Å². The fourth-order valence-corrected chi connectivity index (χ4v) is 5.97. The number of hydrogen-bond acceptors (Lipinski definition) is 5. The molecular weight excluding hydrogens is 466 g/mol. The van der Waals surface area contributed by atoms with Crippen molar-refractivity contribution in [3.05, 3.63) is 99.6 Å². The van der Waals surface area contributed by atoms with Gasteiger partial charge in [-0.3, -0.25) is 19.2 Å². The molecule has 6 nitrogen and oxygen atoms in total. The number of imide groups is 1. The van der Waals surface area contributed by atoms with Gasteiger partial charge in [0.15, 0.2) is 0 Å². The number of Topliss-reactive ketones (excluding diaryl/α,β-unsaturated/α-hetero) is 2. The van der Waals surface area contributed by atoms with Crippen LogP contribution < -0.4 is 4.90 Å². The number of amides is 2. The van der Waals surface area contributed by atoms with Crippen LogP contribution in [0.5, 0.6) is 0 Å². The van der Waals surface area contributed by atoms with E-state index in [1.807, 2.05) is 32.0 Å². The number of carbonyl (C=O) groups excluding carboxylic acids is 4. The number of nitrogens with zero attached hydrogens (tertiary/aromatic N) is 1.